The Hall–Kier alpha value is -5.40. The highest BCUT2D eigenvalue weighted by atomic mass is 31.2. The fourth-order valence-corrected chi connectivity index (χ4v) is 8.27. The van der Waals surface area contributed by atoms with E-state index in [1.165, 1.54) is 12.1 Å². The maximum absolute atomic E-state index is 14.5. The average molecular weight is 785 g/mol. The van der Waals surface area contributed by atoms with Gasteiger partial charge >= 0.3 is 12.3 Å². The molecule has 0 aliphatic rings. The summed E-state index contributed by atoms with van der Waals surface area (Å²) < 4.78 is 74.7. The maximum Gasteiger partial charge on any atom is 0.419 e. The van der Waals surface area contributed by atoms with Crippen LogP contribution in [-0.2, 0) is 51.8 Å². The van der Waals surface area contributed by atoms with E-state index >= 15 is 0 Å². The lowest BCUT2D eigenvalue weighted by molar-refractivity contribution is -0.139. The standard InChI is InChI=1S/C44H44F3N2O6P/c45-44(46,47)41-27-35(23-25-42(41)53-26-10-17-34-18-20-36(28-48)21-19-34)22-24-40(29-50)49(43(51)54-30-37-11-4-1-5-12-37)33-55-56(52,31-38-13-6-2-7-14-38)32-39-15-8-3-9-16-39/h1-9,11-16,18-21,23,25,27,40,50H,10,17,22,24,26,29-33H2. The minimum atomic E-state index is -4.70. The molecule has 1 unspecified atom stereocenters. The molecule has 56 heavy (non-hydrogen) atoms. The van der Waals surface area contributed by atoms with Crippen LogP contribution in [0.2, 0.25) is 0 Å². The van der Waals surface area contributed by atoms with E-state index < -0.39 is 44.6 Å². The van der Waals surface area contributed by atoms with Crippen LogP contribution in [0.25, 0.3) is 0 Å². The maximum atomic E-state index is 14.5. The Morgan fingerprint density at radius 1 is 0.768 bits per heavy atom. The number of carbonyl (C=O) groups excluding carboxylic acids is 1. The summed E-state index contributed by atoms with van der Waals surface area (Å²) in [4.78, 5) is 14.8. The zero-order valence-corrected chi connectivity index (χ0v) is 31.7. The second-order valence-corrected chi connectivity index (χ2v) is 15.9. The molecule has 5 aromatic rings. The van der Waals surface area contributed by atoms with Gasteiger partial charge in [0.05, 0.1) is 48.8 Å². The summed E-state index contributed by atoms with van der Waals surface area (Å²) in [6.07, 6.45) is -4.23. The first kappa shape index (κ1) is 41.8. The molecule has 0 saturated carbocycles. The van der Waals surface area contributed by atoms with Crippen molar-refractivity contribution in [2.24, 2.45) is 0 Å². The van der Waals surface area contributed by atoms with Gasteiger partial charge in [0.1, 0.15) is 19.1 Å². The summed E-state index contributed by atoms with van der Waals surface area (Å²) in [7, 11) is -3.51. The molecule has 0 bridgehead atoms. The molecule has 0 saturated heterocycles. The SMILES string of the molecule is N#Cc1ccc(CCCOc2ccc(CCC(CO)N(COP(=O)(Cc3ccccc3)Cc3ccccc3)C(=O)OCc3ccccc3)cc2C(F)(F)F)cc1. The first-order valence-electron chi connectivity index (χ1n) is 18.3. The number of aryl methyl sites for hydroxylation is 2. The third-order valence-corrected chi connectivity index (χ3v) is 11.4. The Kier molecular flexibility index (Phi) is 15.3. The van der Waals surface area contributed by atoms with Crippen molar-refractivity contribution in [1.29, 1.82) is 5.26 Å². The summed E-state index contributed by atoms with van der Waals surface area (Å²) >= 11 is 0. The number of hydrogen-bond acceptors (Lipinski definition) is 7. The van der Waals surface area contributed by atoms with E-state index in [-0.39, 0.29) is 44.1 Å². The second-order valence-electron chi connectivity index (χ2n) is 13.3. The number of aliphatic hydroxyl groups excluding tert-OH is 1. The highest BCUT2D eigenvalue weighted by Gasteiger charge is 2.35. The molecule has 0 fully saturated rings. The Balaban J connectivity index is 1.30. The molecule has 1 N–H and O–H groups in total. The van der Waals surface area contributed by atoms with Crippen LogP contribution < -0.4 is 4.74 Å². The third kappa shape index (κ3) is 12.8. The van der Waals surface area contributed by atoms with Crippen LogP contribution in [-0.4, -0.2) is 42.1 Å². The van der Waals surface area contributed by atoms with Crippen molar-refractivity contribution >= 4 is 13.5 Å². The van der Waals surface area contributed by atoms with E-state index in [1.54, 1.807) is 48.5 Å². The first-order valence-corrected chi connectivity index (χ1v) is 20.3. The summed E-state index contributed by atoms with van der Waals surface area (Å²) in [5.74, 6) is -0.299. The number of alkyl halides is 3. The Morgan fingerprint density at radius 3 is 1.89 bits per heavy atom. The molecule has 0 aliphatic carbocycles. The Labute approximate surface area is 325 Å². The van der Waals surface area contributed by atoms with Gasteiger partial charge in [0.25, 0.3) is 0 Å². The van der Waals surface area contributed by atoms with Gasteiger partial charge < -0.3 is 19.1 Å². The van der Waals surface area contributed by atoms with E-state index in [2.05, 4.69) is 6.07 Å². The second kappa shape index (κ2) is 20.5. The van der Waals surface area contributed by atoms with E-state index in [1.807, 2.05) is 66.7 Å². The van der Waals surface area contributed by atoms with Gasteiger partial charge in [-0.3, -0.25) is 9.46 Å². The molecule has 8 nitrogen and oxygen atoms in total. The summed E-state index contributed by atoms with van der Waals surface area (Å²) in [5.41, 5.74) is 3.13. The van der Waals surface area contributed by atoms with Crippen LogP contribution in [0.3, 0.4) is 0 Å². The van der Waals surface area contributed by atoms with Crippen molar-refractivity contribution in [2.45, 2.75) is 56.8 Å². The number of benzene rings is 5. The van der Waals surface area contributed by atoms with E-state index in [4.69, 9.17) is 19.3 Å². The highest BCUT2D eigenvalue weighted by molar-refractivity contribution is 7.57. The zero-order chi connectivity index (χ0) is 39.8. The molecular weight excluding hydrogens is 740 g/mol. The lowest BCUT2D eigenvalue weighted by atomic mass is 10.0. The molecule has 292 valence electrons. The third-order valence-electron chi connectivity index (χ3n) is 9.12. The van der Waals surface area contributed by atoms with Gasteiger partial charge in [-0.1, -0.05) is 109 Å². The Bertz CT molecular complexity index is 2020. The molecule has 0 aromatic heterocycles. The van der Waals surface area contributed by atoms with E-state index in [9.17, 15) is 27.6 Å². The van der Waals surface area contributed by atoms with Crippen LogP contribution in [0.4, 0.5) is 18.0 Å². The largest absolute Gasteiger partial charge is 0.493 e. The van der Waals surface area contributed by atoms with Crippen molar-refractivity contribution in [3.8, 4) is 11.8 Å². The number of ether oxygens (including phenoxy) is 2. The lowest BCUT2D eigenvalue weighted by Crippen LogP contribution is -2.44. The van der Waals surface area contributed by atoms with Gasteiger partial charge in [0, 0.05) is 0 Å². The van der Waals surface area contributed by atoms with Gasteiger partial charge in [0.15, 0.2) is 0 Å². The molecule has 0 radical (unpaired) electrons. The number of rotatable bonds is 19. The fourth-order valence-electron chi connectivity index (χ4n) is 6.11. The van der Waals surface area contributed by atoms with Crippen molar-refractivity contribution in [3.63, 3.8) is 0 Å². The first-order chi connectivity index (χ1) is 27.0. The molecule has 5 aromatic carbocycles. The topological polar surface area (TPSA) is 109 Å². The molecule has 0 aliphatic heterocycles. The van der Waals surface area contributed by atoms with Crippen LogP contribution in [0, 0.1) is 11.3 Å². The van der Waals surface area contributed by atoms with Gasteiger partial charge in [-0.25, -0.2) is 4.79 Å². The van der Waals surface area contributed by atoms with Crippen LogP contribution in [0.5, 0.6) is 5.75 Å². The van der Waals surface area contributed by atoms with Crippen molar-refractivity contribution in [1.82, 2.24) is 4.90 Å². The van der Waals surface area contributed by atoms with Crippen LogP contribution in [0.15, 0.2) is 133 Å². The number of nitrogens with zero attached hydrogens (tertiary/aromatic N) is 2. The summed E-state index contributed by atoms with van der Waals surface area (Å²) in [5, 5.41) is 19.6. The molecule has 1 amide bonds. The molecule has 0 heterocycles. The summed E-state index contributed by atoms with van der Waals surface area (Å²) in [6.45, 7) is -1.08. The van der Waals surface area contributed by atoms with Crippen molar-refractivity contribution in [3.05, 3.63) is 172 Å². The van der Waals surface area contributed by atoms with Crippen LogP contribution >= 0.6 is 7.37 Å². The molecule has 1 atom stereocenters. The minimum Gasteiger partial charge on any atom is -0.493 e. The number of nitriles is 1. The minimum absolute atomic E-state index is 0.0457. The average Bonchev–Trinajstić information content (AvgIpc) is 3.21. The predicted molar refractivity (Wildman–Crippen MR) is 208 cm³/mol. The number of aliphatic hydroxyl groups is 1. The number of hydrogen-bond donors (Lipinski definition) is 1. The van der Waals surface area contributed by atoms with Crippen LogP contribution in [0.1, 0.15) is 51.8 Å². The van der Waals surface area contributed by atoms with E-state index in [0.29, 0.717) is 24.0 Å². The highest BCUT2D eigenvalue weighted by Crippen LogP contribution is 2.53. The lowest BCUT2D eigenvalue weighted by Gasteiger charge is -2.31. The van der Waals surface area contributed by atoms with Gasteiger partial charge in [-0.2, -0.15) is 18.4 Å². The van der Waals surface area contributed by atoms with Gasteiger partial charge in [-0.05, 0) is 77.8 Å². The quantitative estimate of drug-likeness (QED) is 0.0504. The molecular formula is C44H44F3N2O6P. The van der Waals surface area contributed by atoms with E-state index in [0.717, 1.165) is 33.2 Å². The molecule has 12 heteroatoms. The normalized spacial score (nSPS) is 12.1. The fraction of sp³-hybridized carbons (Fsp3) is 0.273. The monoisotopic (exact) mass is 784 g/mol. The molecule has 0 spiro atoms. The Morgan fingerprint density at radius 2 is 1.34 bits per heavy atom. The smallest absolute Gasteiger partial charge is 0.419 e. The zero-order valence-electron chi connectivity index (χ0n) is 30.8. The van der Waals surface area contributed by atoms with Crippen molar-refractivity contribution < 1.29 is 41.6 Å². The number of halogens is 3. The number of amides is 1. The van der Waals surface area contributed by atoms with Gasteiger partial charge in [-0.15, -0.1) is 0 Å². The summed E-state index contributed by atoms with van der Waals surface area (Å²) in [6, 6.07) is 39.3. The van der Waals surface area contributed by atoms with Gasteiger partial charge in [0.2, 0.25) is 7.37 Å². The van der Waals surface area contributed by atoms with Crippen molar-refractivity contribution in [2.75, 3.05) is 19.9 Å². The number of carbonyl (C=O) groups is 1. The predicted octanol–water partition coefficient (Wildman–Crippen LogP) is 10.2. The molecule has 5 rings (SSSR count).